The van der Waals surface area contributed by atoms with Crippen LogP contribution in [0, 0.1) is 0 Å². The highest BCUT2D eigenvalue weighted by Gasteiger charge is 2.29. The van der Waals surface area contributed by atoms with Gasteiger partial charge in [-0.1, -0.05) is 0 Å². The minimum absolute atomic E-state index is 0.198. The SMILES string of the molecule is COCCn1ncc(NC(CO)(CO)CO)c(Br)c1=O. The number of aliphatic hydroxyl groups is 3. The second-order valence-corrected chi connectivity index (χ2v) is 5.07. The van der Waals surface area contributed by atoms with Gasteiger partial charge in [0, 0.05) is 7.11 Å². The van der Waals surface area contributed by atoms with Gasteiger partial charge in [-0.3, -0.25) is 4.79 Å². The van der Waals surface area contributed by atoms with E-state index in [1.54, 1.807) is 0 Å². The van der Waals surface area contributed by atoms with Crippen LogP contribution in [0.5, 0.6) is 0 Å². The molecule has 0 aliphatic rings. The van der Waals surface area contributed by atoms with E-state index < -0.39 is 25.4 Å². The molecule has 1 aromatic heterocycles. The smallest absolute Gasteiger partial charge is 0.283 e. The first kappa shape index (κ1) is 17.1. The van der Waals surface area contributed by atoms with Gasteiger partial charge in [-0.15, -0.1) is 0 Å². The Morgan fingerprint density at radius 3 is 2.50 bits per heavy atom. The van der Waals surface area contributed by atoms with Crippen LogP contribution in [-0.2, 0) is 11.3 Å². The zero-order valence-corrected chi connectivity index (χ0v) is 12.6. The minimum Gasteiger partial charge on any atom is -0.394 e. The fraction of sp³-hybridized carbons (Fsp3) is 0.636. The average molecular weight is 352 g/mol. The molecule has 0 saturated carbocycles. The monoisotopic (exact) mass is 351 g/mol. The third-order valence-electron chi connectivity index (χ3n) is 2.80. The Morgan fingerprint density at radius 1 is 1.40 bits per heavy atom. The topological polar surface area (TPSA) is 117 Å². The predicted octanol–water partition coefficient (Wildman–Crippen LogP) is -1.22. The van der Waals surface area contributed by atoms with Gasteiger partial charge >= 0.3 is 0 Å². The molecule has 0 spiro atoms. The minimum atomic E-state index is -1.32. The largest absolute Gasteiger partial charge is 0.394 e. The summed E-state index contributed by atoms with van der Waals surface area (Å²) in [6.07, 6.45) is 1.37. The number of anilines is 1. The van der Waals surface area contributed by atoms with E-state index >= 15 is 0 Å². The van der Waals surface area contributed by atoms with Gasteiger partial charge in [0.05, 0.1) is 44.9 Å². The number of aromatic nitrogens is 2. The summed E-state index contributed by atoms with van der Waals surface area (Å²) in [5, 5.41) is 34.4. The van der Waals surface area contributed by atoms with Gasteiger partial charge < -0.3 is 25.4 Å². The van der Waals surface area contributed by atoms with E-state index in [1.807, 2.05) is 0 Å². The summed E-state index contributed by atoms with van der Waals surface area (Å²) in [6, 6.07) is 0. The highest BCUT2D eigenvalue weighted by molar-refractivity contribution is 9.10. The van der Waals surface area contributed by atoms with Gasteiger partial charge in [-0.25, -0.2) is 4.68 Å². The van der Waals surface area contributed by atoms with Crippen LogP contribution >= 0.6 is 15.9 Å². The fourth-order valence-corrected chi connectivity index (χ4v) is 1.85. The summed E-state index contributed by atoms with van der Waals surface area (Å²) >= 11 is 3.14. The van der Waals surface area contributed by atoms with Gasteiger partial charge in [0.2, 0.25) is 0 Å². The summed E-state index contributed by atoms with van der Waals surface area (Å²) in [6.45, 7) is -0.850. The van der Waals surface area contributed by atoms with E-state index in [0.29, 0.717) is 13.2 Å². The van der Waals surface area contributed by atoms with Crippen molar-refractivity contribution in [3.05, 3.63) is 21.0 Å². The standard InChI is InChI=1S/C11H18BrN3O5/c1-20-3-2-15-10(19)9(12)8(4-13-15)14-11(5-16,6-17)7-18/h4,14,16-18H,2-3,5-7H2,1H3. The molecule has 114 valence electrons. The maximum atomic E-state index is 12.0. The first-order valence-electron chi connectivity index (χ1n) is 5.89. The summed E-state index contributed by atoms with van der Waals surface area (Å²) in [7, 11) is 1.52. The zero-order chi connectivity index (χ0) is 15.2. The molecule has 0 aromatic carbocycles. The van der Waals surface area contributed by atoms with E-state index in [4.69, 9.17) is 4.74 Å². The Hall–Kier alpha value is -1.00. The van der Waals surface area contributed by atoms with Crippen LogP contribution in [-0.4, -0.2) is 64.2 Å². The molecule has 8 nitrogen and oxygen atoms in total. The van der Waals surface area contributed by atoms with Gasteiger partial charge in [0.1, 0.15) is 10.0 Å². The number of aliphatic hydroxyl groups excluding tert-OH is 3. The number of nitrogens with one attached hydrogen (secondary N) is 1. The van der Waals surface area contributed by atoms with Gasteiger partial charge in [0.15, 0.2) is 0 Å². The molecule has 0 radical (unpaired) electrons. The first-order valence-corrected chi connectivity index (χ1v) is 6.68. The van der Waals surface area contributed by atoms with Crippen molar-refractivity contribution in [3.8, 4) is 0 Å². The quantitative estimate of drug-likeness (QED) is 0.463. The summed E-state index contributed by atoms with van der Waals surface area (Å²) in [5.41, 5.74) is -1.43. The third-order valence-corrected chi connectivity index (χ3v) is 3.57. The molecule has 1 rings (SSSR count). The van der Waals surface area contributed by atoms with Gasteiger partial charge in [-0.05, 0) is 15.9 Å². The van der Waals surface area contributed by atoms with Gasteiger partial charge in [0.25, 0.3) is 5.56 Å². The Kier molecular flexibility index (Phi) is 6.56. The highest BCUT2D eigenvalue weighted by atomic mass is 79.9. The van der Waals surface area contributed by atoms with Crippen molar-refractivity contribution >= 4 is 21.6 Å². The normalized spacial score (nSPS) is 11.7. The molecule has 0 unspecified atom stereocenters. The maximum absolute atomic E-state index is 12.0. The second kappa shape index (κ2) is 7.70. The Balaban J connectivity index is 3.03. The number of methoxy groups -OCH3 is 1. The predicted molar refractivity (Wildman–Crippen MR) is 75.7 cm³/mol. The molecule has 4 N–H and O–H groups in total. The van der Waals surface area contributed by atoms with Crippen molar-refractivity contribution in [1.29, 1.82) is 0 Å². The van der Waals surface area contributed by atoms with Crippen LogP contribution in [0.2, 0.25) is 0 Å². The molecule has 0 bridgehead atoms. The summed E-state index contributed by atoms with van der Waals surface area (Å²) < 4.78 is 6.29. The lowest BCUT2D eigenvalue weighted by Gasteiger charge is -2.30. The third kappa shape index (κ3) is 3.76. The van der Waals surface area contributed by atoms with E-state index in [2.05, 4.69) is 26.3 Å². The van der Waals surface area contributed by atoms with Crippen molar-refractivity contribution in [2.24, 2.45) is 0 Å². The molecule has 0 saturated heterocycles. The fourth-order valence-electron chi connectivity index (χ4n) is 1.44. The summed E-state index contributed by atoms with van der Waals surface area (Å²) in [5.74, 6) is 0. The molecule has 20 heavy (non-hydrogen) atoms. The van der Waals surface area contributed by atoms with Crippen LogP contribution in [0.1, 0.15) is 0 Å². The highest BCUT2D eigenvalue weighted by Crippen LogP contribution is 2.20. The average Bonchev–Trinajstić information content (AvgIpc) is 2.48. The van der Waals surface area contributed by atoms with Crippen LogP contribution in [0.4, 0.5) is 5.69 Å². The van der Waals surface area contributed by atoms with Crippen molar-refractivity contribution in [2.75, 3.05) is 38.9 Å². The second-order valence-electron chi connectivity index (χ2n) is 4.27. The van der Waals surface area contributed by atoms with Crippen molar-refractivity contribution in [2.45, 2.75) is 12.1 Å². The van der Waals surface area contributed by atoms with Gasteiger partial charge in [-0.2, -0.15) is 5.10 Å². The Bertz CT molecular complexity index is 481. The van der Waals surface area contributed by atoms with Crippen LogP contribution < -0.4 is 10.9 Å². The number of halogens is 1. The lowest BCUT2D eigenvalue weighted by Crippen LogP contribution is -2.49. The molecule has 1 heterocycles. The van der Waals surface area contributed by atoms with Crippen molar-refractivity contribution < 1.29 is 20.1 Å². The molecule has 9 heteroatoms. The molecule has 0 aliphatic heterocycles. The molecule has 1 aromatic rings. The molecular formula is C11H18BrN3O5. The molecular weight excluding hydrogens is 334 g/mol. The van der Waals surface area contributed by atoms with Crippen LogP contribution in [0.15, 0.2) is 15.5 Å². The lowest BCUT2D eigenvalue weighted by molar-refractivity contribution is 0.0832. The molecule has 0 fully saturated rings. The number of hydrogen-bond donors (Lipinski definition) is 4. The van der Waals surface area contributed by atoms with Crippen LogP contribution in [0.3, 0.4) is 0 Å². The lowest BCUT2D eigenvalue weighted by atomic mass is 10.0. The zero-order valence-electron chi connectivity index (χ0n) is 11.0. The Labute approximate surface area is 124 Å². The van der Waals surface area contributed by atoms with Crippen LogP contribution in [0.25, 0.3) is 0 Å². The number of nitrogens with zero attached hydrogens (tertiary/aromatic N) is 2. The van der Waals surface area contributed by atoms with Crippen molar-refractivity contribution in [3.63, 3.8) is 0 Å². The van der Waals surface area contributed by atoms with Crippen molar-refractivity contribution in [1.82, 2.24) is 9.78 Å². The Morgan fingerprint density at radius 2 is 2.00 bits per heavy atom. The van der Waals surface area contributed by atoms with E-state index in [9.17, 15) is 20.1 Å². The first-order chi connectivity index (χ1) is 9.53. The summed E-state index contributed by atoms with van der Waals surface area (Å²) in [4.78, 5) is 12.0. The molecule has 0 atom stereocenters. The van der Waals surface area contributed by atoms with E-state index in [0.717, 1.165) is 0 Å². The molecule has 0 aliphatic carbocycles. The maximum Gasteiger partial charge on any atom is 0.283 e. The number of hydrogen-bond acceptors (Lipinski definition) is 7. The van der Waals surface area contributed by atoms with E-state index in [1.165, 1.54) is 18.0 Å². The van der Waals surface area contributed by atoms with E-state index in [-0.39, 0.29) is 15.7 Å². The number of rotatable bonds is 8. The number of ether oxygens (including phenoxy) is 1. The molecule has 0 amide bonds.